The number of nitrogens with one attached hydrogen (secondary N) is 1. The average Bonchev–Trinajstić information content (AvgIpc) is 2.97. The van der Waals surface area contributed by atoms with Gasteiger partial charge in [0.25, 0.3) is 0 Å². The molecule has 1 N–H and O–H groups in total. The van der Waals surface area contributed by atoms with Crippen molar-refractivity contribution in [1.29, 1.82) is 10.5 Å². The summed E-state index contributed by atoms with van der Waals surface area (Å²) in [5.74, 6) is 2.70. The quantitative estimate of drug-likeness (QED) is 0.260. The molecule has 6 rings (SSSR count). The lowest BCUT2D eigenvalue weighted by molar-refractivity contribution is 0.477. The van der Waals surface area contributed by atoms with E-state index in [0.29, 0.717) is 40.1 Å². The van der Waals surface area contributed by atoms with Crippen LogP contribution < -0.4 is 19.7 Å². The molecular formula is C32H20N4O2. The number of anilines is 5. The van der Waals surface area contributed by atoms with Crippen LogP contribution in [0.1, 0.15) is 11.1 Å². The number of hydrogen-bond donors (Lipinski definition) is 1. The Morgan fingerprint density at radius 2 is 1.18 bits per heavy atom. The fourth-order valence-electron chi connectivity index (χ4n) is 4.44. The highest BCUT2D eigenvalue weighted by atomic mass is 16.5. The van der Waals surface area contributed by atoms with Gasteiger partial charge in [0.05, 0.1) is 39.6 Å². The van der Waals surface area contributed by atoms with E-state index in [9.17, 15) is 10.5 Å². The number of ether oxygens (including phenoxy) is 2. The maximum absolute atomic E-state index is 9.87. The van der Waals surface area contributed by atoms with Crippen molar-refractivity contribution in [2.24, 2.45) is 0 Å². The Kier molecular flexibility index (Phi) is 5.82. The molecule has 0 atom stereocenters. The summed E-state index contributed by atoms with van der Waals surface area (Å²) in [7, 11) is 0. The van der Waals surface area contributed by atoms with E-state index in [1.54, 1.807) is 12.1 Å². The van der Waals surface area contributed by atoms with Gasteiger partial charge in [-0.2, -0.15) is 10.5 Å². The van der Waals surface area contributed by atoms with Crippen LogP contribution in [0.5, 0.6) is 23.0 Å². The van der Waals surface area contributed by atoms with Gasteiger partial charge in [-0.3, -0.25) is 0 Å². The highest BCUT2D eigenvalue weighted by Crippen LogP contribution is 2.52. The minimum absolute atomic E-state index is 0.273. The second kappa shape index (κ2) is 9.73. The molecule has 180 valence electrons. The summed E-state index contributed by atoms with van der Waals surface area (Å²) in [4.78, 5) is 2.04. The molecule has 0 aliphatic carbocycles. The minimum Gasteiger partial charge on any atom is -0.455 e. The van der Waals surface area contributed by atoms with Gasteiger partial charge in [-0.05, 0) is 60.7 Å². The summed E-state index contributed by atoms with van der Waals surface area (Å²) in [5, 5.41) is 23.2. The largest absolute Gasteiger partial charge is 0.455 e. The minimum atomic E-state index is 0.273. The normalized spacial score (nSPS) is 11.3. The first-order valence-electron chi connectivity index (χ1n) is 12.0. The zero-order valence-electron chi connectivity index (χ0n) is 20.1. The molecule has 6 nitrogen and oxygen atoms in total. The van der Waals surface area contributed by atoms with Crippen LogP contribution in [-0.4, -0.2) is 0 Å². The van der Waals surface area contributed by atoms with Crippen LogP contribution >= 0.6 is 0 Å². The zero-order chi connectivity index (χ0) is 25.9. The van der Waals surface area contributed by atoms with Gasteiger partial charge < -0.3 is 19.7 Å². The van der Waals surface area contributed by atoms with Gasteiger partial charge in [0.15, 0.2) is 17.2 Å². The Bertz CT molecular complexity index is 1690. The third-order valence-corrected chi connectivity index (χ3v) is 6.18. The highest BCUT2D eigenvalue weighted by molar-refractivity contribution is 5.93. The lowest BCUT2D eigenvalue weighted by atomic mass is 10.0. The molecule has 5 aromatic rings. The summed E-state index contributed by atoms with van der Waals surface area (Å²) < 4.78 is 12.3. The van der Waals surface area contributed by atoms with Gasteiger partial charge in [0.2, 0.25) is 0 Å². The monoisotopic (exact) mass is 492 g/mol. The van der Waals surface area contributed by atoms with Crippen molar-refractivity contribution >= 4 is 28.4 Å². The van der Waals surface area contributed by atoms with Crippen LogP contribution in [0.4, 0.5) is 28.4 Å². The van der Waals surface area contributed by atoms with E-state index in [1.807, 2.05) is 108 Å². The van der Waals surface area contributed by atoms with E-state index in [-0.39, 0.29) is 11.1 Å². The first-order chi connectivity index (χ1) is 18.7. The Balaban J connectivity index is 1.52. The van der Waals surface area contributed by atoms with Crippen LogP contribution in [-0.2, 0) is 0 Å². The maximum atomic E-state index is 9.87. The smallest absolute Gasteiger partial charge is 0.151 e. The lowest BCUT2D eigenvalue weighted by Gasteiger charge is -2.34. The summed E-state index contributed by atoms with van der Waals surface area (Å²) in [6.07, 6.45) is 0. The third-order valence-electron chi connectivity index (χ3n) is 6.18. The summed E-state index contributed by atoms with van der Waals surface area (Å²) in [5.41, 5.74) is 4.22. The number of hydrogen-bond acceptors (Lipinski definition) is 6. The molecule has 0 spiro atoms. The van der Waals surface area contributed by atoms with E-state index in [4.69, 9.17) is 9.47 Å². The van der Waals surface area contributed by atoms with Crippen molar-refractivity contribution in [3.05, 3.63) is 126 Å². The molecule has 0 amide bonds. The first kappa shape index (κ1) is 22.7. The molecule has 0 fully saturated rings. The van der Waals surface area contributed by atoms with Crippen LogP contribution in [0, 0.1) is 22.7 Å². The van der Waals surface area contributed by atoms with E-state index < -0.39 is 0 Å². The maximum Gasteiger partial charge on any atom is 0.151 e. The lowest BCUT2D eigenvalue weighted by Crippen LogP contribution is -2.17. The molecule has 1 aliphatic rings. The average molecular weight is 493 g/mol. The fourth-order valence-corrected chi connectivity index (χ4v) is 4.44. The van der Waals surface area contributed by atoms with Crippen LogP contribution in [0.25, 0.3) is 0 Å². The van der Waals surface area contributed by atoms with Crippen molar-refractivity contribution in [1.82, 2.24) is 0 Å². The SMILES string of the molecule is N#Cc1cc(Nc2ccccc2Oc2ccccc2)c(N2c3ccccc3Oc3ccccc32)cc1C#N. The van der Waals surface area contributed by atoms with Crippen molar-refractivity contribution in [2.75, 3.05) is 10.2 Å². The number of para-hydroxylation sites is 7. The summed E-state index contributed by atoms with van der Waals surface area (Å²) in [6, 6.07) is 40.4. The number of rotatable bonds is 5. The second-order valence-electron chi connectivity index (χ2n) is 8.55. The molecule has 0 radical (unpaired) electrons. The molecule has 38 heavy (non-hydrogen) atoms. The fraction of sp³-hybridized carbons (Fsp3) is 0. The number of benzene rings is 5. The van der Waals surface area contributed by atoms with E-state index in [2.05, 4.69) is 17.5 Å². The van der Waals surface area contributed by atoms with Crippen LogP contribution in [0.3, 0.4) is 0 Å². The first-order valence-corrected chi connectivity index (χ1v) is 12.0. The van der Waals surface area contributed by atoms with E-state index in [1.165, 1.54) is 0 Å². The van der Waals surface area contributed by atoms with Gasteiger partial charge in [-0.25, -0.2) is 0 Å². The number of fused-ring (bicyclic) bond motifs is 2. The van der Waals surface area contributed by atoms with Gasteiger partial charge >= 0.3 is 0 Å². The predicted molar refractivity (Wildman–Crippen MR) is 147 cm³/mol. The third kappa shape index (κ3) is 4.13. The molecular weight excluding hydrogens is 472 g/mol. The van der Waals surface area contributed by atoms with E-state index >= 15 is 0 Å². The Morgan fingerprint density at radius 1 is 0.605 bits per heavy atom. The second-order valence-corrected chi connectivity index (χ2v) is 8.55. The number of nitriles is 2. The molecule has 1 aliphatic heterocycles. The highest BCUT2D eigenvalue weighted by Gasteiger charge is 2.28. The van der Waals surface area contributed by atoms with E-state index in [0.717, 1.165) is 11.4 Å². The molecule has 0 bridgehead atoms. The number of nitrogens with zero attached hydrogens (tertiary/aromatic N) is 3. The molecule has 0 unspecified atom stereocenters. The topological polar surface area (TPSA) is 81.3 Å². The molecule has 1 heterocycles. The standard InChI is InChI=1S/C32H20N4O2/c33-20-22-18-26(35-25-12-4-7-15-30(25)37-24-10-2-1-3-11-24)29(19-23(22)21-34)36-27-13-5-8-16-31(27)38-32-17-9-6-14-28(32)36/h1-19,35H. The predicted octanol–water partition coefficient (Wildman–Crippen LogP) is 8.54. The summed E-state index contributed by atoms with van der Waals surface area (Å²) >= 11 is 0. The van der Waals surface area contributed by atoms with Crippen LogP contribution in [0.15, 0.2) is 115 Å². The molecule has 6 heteroatoms. The Morgan fingerprint density at radius 3 is 1.87 bits per heavy atom. The Labute approximate surface area is 220 Å². The van der Waals surface area contributed by atoms with Crippen molar-refractivity contribution in [3.8, 4) is 35.1 Å². The van der Waals surface area contributed by atoms with Gasteiger partial charge in [-0.15, -0.1) is 0 Å². The van der Waals surface area contributed by atoms with Gasteiger partial charge in [-0.1, -0.05) is 54.6 Å². The van der Waals surface area contributed by atoms with Gasteiger partial charge in [0.1, 0.15) is 17.9 Å². The summed E-state index contributed by atoms with van der Waals surface area (Å²) in [6.45, 7) is 0. The molecule has 5 aromatic carbocycles. The molecule has 0 aromatic heterocycles. The molecule has 0 saturated carbocycles. The zero-order valence-corrected chi connectivity index (χ0v) is 20.1. The van der Waals surface area contributed by atoms with Crippen molar-refractivity contribution in [2.45, 2.75) is 0 Å². The van der Waals surface area contributed by atoms with Crippen molar-refractivity contribution < 1.29 is 9.47 Å². The van der Waals surface area contributed by atoms with Gasteiger partial charge in [0, 0.05) is 0 Å². The van der Waals surface area contributed by atoms with Crippen molar-refractivity contribution in [3.63, 3.8) is 0 Å². The Hall–Kier alpha value is -5.72. The molecule has 0 saturated heterocycles. The van der Waals surface area contributed by atoms with Crippen LogP contribution in [0.2, 0.25) is 0 Å².